The number of fused-ring (bicyclic) bond motifs is 1. The second-order valence-corrected chi connectivity index (χ2v) is 6.36. The number of alkyl halides is 1. The SMILES string of the molecule is CN1CCCN(C(=O)C2CC(F)(CN)C2)c2ccc(F)cc21. The quantitative estimate of drug-likeness (QED) is 0.910. The molecular formula is C16H21F2N3O. The summed E-state index contributed by atoms with van der Waals surface area (Å²) in [6, 6.07) is 4.44. The van der Waals surface area contributed by atoms with Crippen LogP contribution in [0.4, 0.5) is 20.2 Å². The Morgan fingerprint density at radius 3 is 2.77 bits per heavy atom. The standard InChI is InChI=1S/C16H21F2N3O/c1-20-5-2-6-21(13-4-3-12(17)7-14(13)20)15(22)11-8-16(18,9-11)10-19/h3-4,7,11H,2,5-6,8-10,19H2,1H3. The maximum Gasteiger partial charge on any atom is 0.230 e. The summed E-state index contributed by atoms with van der Waals surface area (Å²) in [6.45, 7) is 1.28. The average Bonchev–Trinajstić information content (AvgIpc) is 2.63. The molecule has 0 radical (unpaired) electrons. The molecule has 6 heteroatoms. The van der Waals surface area contributed by atoms with Crippen LogP contribution in [0, 0.1) is 11.7 Å². The highest BCUT2D eigenvalue weighted by Gasteiger charge is 2.48. The Hall–Kier alpha value is -1.69. The van der Waals surface area contributed by atoms with Gasteiger partial charge >= 0.3 is 0 Å². The van der Waals surface area contributed by atoms with Crippen LogP contribution in [-0.4, -0.2) is 38.3 Å². The van der Waals surface area contributed by atoms with Crippen molar-refractivity contribution >= 4 is 17.3 Å². The first-order chi connectivity index (χ1) is 10.4. The molecule has 1 saturated carbocycles. The van der Waals surface area contributed by atoms with Crippen molar-refractivity contribution in [1.82, 2.24) is 0 Å². The number of benzene rings is 1. The van der Waals surface area contributed by atoms with Gasteiger partial charge in [0, 0.05) is 32.6 Å². The highest BCUT2D eigenvalue weighted by Crippen LogP contribution is 2.43. The summed E-state index contributed by atoms with van der Waals surface area (Å²) in [7, 11) is 1.89. The topological polar surface area (TPSA) is 49.6 Å². The number of hydrogen-bond donors (Lipinski definition) is 1. The molecule has 0 aromatic heterocycles. The van der Waals surface area contributed by atoms with Gasteiger partial charge in [-0.1, -0.05) is 0 Å². The van der Waals surface area contributed by atoms with Gasteiger partial charge in [-0.3, -0.25) is 4.79 Å². The average molecular weight is 309 g/mol. The first-order valence-corrected chi connectivity index (χ1v) is 7.64. The lowest BCUT2D eigenvalue weighted by Gasteiger charge is -2.41. The number of carbonyl (C=O) groups is 1. The predicted molar refractivity (Wildman–Crippen MR) is 82.3 cm³/mol. The molecule has 0 spiro atoms. The van der Waals surface area contributed by atoms with Crippen molar-refractivity contribution in [2.45, 2.75) is 24.9 Å². The van der Waals surface area contributed by atoms with E-state index in [1.807, 2.05) is 11.9 Å². The van der Waals surface area contributed by atoms with Gasteiger partial charge in [0.15, 0.2) is 0 Å². The molecular weight excluding hydrogens is 288 g/mol. The molecule has 0 atom stereocenters. The van der Waals surface area contributed by atoms with Crippen molar-refractivity contribution in [2.75, 3.05) is 36.5 Å². The molecule has 120 valence electrons. The fourth-order valence-electron chi connectivity index (χ4n) is 3.35. The van der Waals surface area contributed by atoms with Gasteiger partial charge in [-0.05, 0) is 37.5 Å². The van der Waals surface area contributed by atoms with Gasteiger partial charge in [0.05, 0.1) is 11.4 Å². The van der Waals surface area contributed by atoms with Crippen LogP contribution in [0.5, 0.6) is 0 Å². The molecule has 2 aliphatic rings. The summed E-state index contributed by atoms with van der Waals surface area (Å²) >= 11 is 0. The summed E-state index contributed by atoms with van der Waals surface area (Å²) in [6.07, 6.45) is 1.17. The molecule has 4 nitrogen and oxygen atoms in total. The number of rotatable bonds is 2. The van der Waals surface area contributed by atoms with E-state index in [1.165, 1.54) is 12.1 Å². The number of nitrogens with zero attached hydrogens (tertiary/aromatic N) is 2. The second kappa shape index (κ2) is 5.50. The van der Waals surface area contributed by atoms with Gasteiger partial charge in [-0.2, -0.15) is 0 Å². The Kier molecular flexibility index (Phi) is 3.80. The lowest BCUT2D eigenvalue weighted by Crippen LogP contribution is -2.52. The van der Waals surface area contributed by atoms with Crippen LogP contribution in [0.25, 0.3) is 0 Å². The van der Waals surface area contributed by atoms with E-state index in [0.29, 0.717) is 17.9 Å². The monoisotopic (exact) mass is 309 g/mol. The predicted octanol–water partition coefficient (Wildman–Crippen LogP) is 2.08. The van der Waals surface area contributed by atoms with E-state index in [2.05, 4.69) is 0 Å². The van der Waals surface area contributed by atoms with Crippen molar-refractivity contribution in [3.05, 3.63) is 24.0 Å². The molecule has 2 N–H and O–H groups in total. The maximum atomic E-state index is 14.0. The van der Waals surface area contributed by atoms with E-state index in [-0.39, 0.29) is 37.0 Å². The highest BCUT2D eigenvalue weighted by atomic mass is 19.1. The molecule has 0 bridgehead atoms. The number of carbonyl (C=O) groups excluding carboxylic acids is 1. The Morgan fingerprint density at radius 1 is 1.36 bits per heavy atom. The van der Waals surface area contributed by atoms with Gasteiger partial charge < -0.3 is 15.5 Å². The minimum absolute atomic E-state index is 0.0404. The van der Waals surface area contributed by atoms with E-state index in [9.17, 15) is 13.6 Å². The van der Waals surface area contributed by atoms with E-state index < -0.39 is 5.67 Å². The second-order valence-electron chi connectivity index (χ2n) is 6.36. The normalized spacial score (nSPS) is 27.9. The number of hydrogen-bond acceptors (Lipinski definition) is 3. The van der Waals surface area contributed by atoms with E-state index >= 15 is 0 Å². The largest absolute Gasteiger partial charge is 0.373 e. The molecule has 1 amide bonds. The van der Waals surface area contributed by atoms with Crippen molar-refractivity contribution in [3.8, 4) is 0 Å². The molecule has 1 aliphatic carbocycles. The molecule has 0 saturated heterocycles. The van der Waals surface area contributed by atoms with Crippen molar-refractivity contribution in [1.29, 1.82) is 0 Å². The van der Waals surface area contributed by atoms with Gasteiger partial charge in [0.25, 0.3) is 0 Å². The summed E-state index contributed by atoms with van der Waals surface area (Å²) < 4.78 is 27.5. The third-order valence-electron chi connectivity index (χ3n) is 4.72. The van der Waals surface area contributed by atoms with E-state index in [0.717, 1.165) is 13.0 Å². The Balaban J connectivity index is 1.85. The number of anilines is 2. The lowest BCUT2D eigenvalue weighted by molar-refractivity contribution is -0.130. The Morgan fingerprint density at radius 2 is 2.09 bits per heavy atom. The van der Waals surface area contributed by atoms with Gasteiger partial charge in [-0.25, -0.2) is 8.78 Å². The molecule has 1 aromatic rings. The zero-order chi connectivity index (χ0) is 15.9. The molecule has 3 rings (SSSR count). The minimum Gasteiger partial charge on any atom is -0.373 e. The summed E-state index contributed by atoms with van der Waals surface area (Å²) in [5.74, 6) is -0.728. The smallest absolute Gasteiger partial charge is 0.230 e. The van der Waals surface area contributed by atoms with Crippen molar-refractivity contribution in [3.63, 3.8) is 0 Å². The first kappa shape index (κ1) is 15.2. The Bertz CT molecular complexity index is 587. The minimum atomic E-state index is -1.39. The highest BCUT2D eigenvalue weighted by molar-refractivity contribution is 5.99. The summed E-state index contributed by atoms with van der Waals surface area (Å²) in [5, 5.41) is 0. The lowest BCUT2D eigenvalue weighted by atomic mass is 9.71. The number of halogens is 2. The van der Waals surface area contributed by atoms with Crippen molar-refractivity contribution < 1.29 is 13.6 Å². The van der Waals surface area contributed by atoms with Gasteiger partial charge in [0.2, 0.25) is 5.91 Å². The zero-order valence-electron chi connectivity index (χ0n) is 12.7. The summed E-state index contributed by atoms with van der Waals surface area (Å²) in [4.78, 5) is 16.3. The third kappa shape index (κ3) is 2.56. The molecule has 0 unspecified atom stereocenters. The van der Waals surface area contributed by atoms with E-state index in [1.54, 1.807) is 11.0 Å². The van der Waals surface area contributed by atoms with Gasteiger partial charge in [0.1, 0.15) is 11.5 Å². The van der Waals surface area contributed by atoms with E-state index in [4.69, 9.17) is 5.73 Å². The molecule has 1 aromatic carbocycles. The van der Waals surface area contributed by atoms with Crippen LogP contribution in [0.1, 0.15) is 19.3 Å². The first-order valence-electron chi connectivity index (χ1n) is 7.64. The van der Waals surface area contributed by atoms with Crippen LogP contribution < -0.4 is 15.5 Å². The van der Waals surface area contributed by atoms with Crippen LogP contribution >= 0.6 is 0 Å². The molecule has 1 aliphatic heterocycles. The van der Waals surface area contributed by atoms with Crippen LogP contribution in [0.3, 0.4) is 0 Å². The Labute approximate surface area is 128 Å². The number of amides is 1. The van der Waals surface area contributed by atoms with Crippen molar-refractivity contribution in [2.24, 2.45) is 11.7 Å². The maximum absolute atomic E-state index is 14.0. The fourth-order valence-corrected chi connectivity index (χ4v) is 3.35. The molecule has 1 heterocycles. The van der Waals surface area contributed by atoms with Gasteiger partial charge in [-0.15, -0.1) is 0 Å². The number of nitrogens with two attached hydrogens (primary N) is 1. The zero-order valence-corrected chi connectivity index (χ0v) is 12.7. The molecule has 22 heavy (non-hydrogen) atoms. The van der Waals surface area contributed by atoms with Crippen LogP contribution in [-0.2, 0) is 4.79 Å². The summed E-state index contributed by atoms with van der Waals surface area (Å²) in [5.41, 5.74) is 5.41. The van der Waals surface area contributed by atoms with Crippen LogP contribution in [0.15, 0.2) is 18.2 Å². The fraction of sp³-hybridized carbons (Fsp3) is 0.562. The van der Waals surface area contributed by atoms with Crippen LogP contribution in [0.2, 0.25) is 0 Å². The third-order valence-corrected chi connectivity index (χ3v) is 4.72. The molecule has 1 fully saturated rings.